The molecule has 4 nitrogen and oxygen atoms in total. The largest absolute Gasteiger partial charge is 0.379 e. The highest BCUT2D eigenvalue weighted by Gasteiger charge is 2.35. The molecule has 0 bridgehead atoms. The van der Waals surface area contributed by atoms with E-state index in [1.165, 1.54) is 0 Å². The predicted octanol–water partition coefficient (Wildman–Crippen LogP) is 1.07. The summed E-state index contributed by atoms with van der Waals surface area (Å²) >= 11 is 0. The van der Waals surface area contributed by atoms with Gasteiger partial charge in [0.25, 0.3) is 0 Å². The molecule has 4 heteroatoms. The number of nitrogens with one attached hydrogen (secondary N) is 1. The van der Waals surface area contributed by atoms with E-state index in [-0.39, 0.29) is 11.1 Å². The highest BCUT2D eigenvalue weighted by atomic mass is 16.5. The molecule has 17 heavy (non-hydrogen) atoms. The van der Waals surface area contributed by atoms with Crippen LogP contribution in [0.5, 0.6) is 0 Å². The minimum absolute atomic E-state index is 0.145. The van der Waals surface area contributed by atoms with Gasteiger partial charge in [-0.2, -0.15) is 0 Å². The van der Waals surface area contributed by atoms with Gasteiger partial charge in [0.15, 0.2) is 0 Å². The third kappa shape index (κ3) is 3.91. The van der Waals surface area contributed by atoms with Crippen LogP contribution in [0.15, 0.2) is 0 Å². The van der Waals surface area contributed by atoms with Gasteiger partial charge < -0.3 is 9.47 Å². The summed E-state index contributed by atoms with van der Waals surface area (Å²) in [6, 6.07) is 0. The Morgan fingerprint density at radius 1 is 1.18 bits per heavy atom. The Bertz CT molecular complexity index is 240. The molecule has 2 rings (SSSR count). The molecule has 2 aliphatic rings. The van der Waals surface area contributed by atoms with Crippen LogP contribution in [-0.2, 0) is 9.47 Å². The van der Waals surface area contributed by atoms with Gasteiger partial charge in [0.2, 0.25) is 0 Å². The molecule has 0 spiro atoms. The van der Waals surface area contributed by atoms with E-state index in [9.17, 15) is 0 Å². The standard InChI is InChI=1S/C13H26N2O2/c1-12(2)10-14-13(3,17-11-12)4-5-15-6-8-16-9-7-15/h14H,4-11H2,1-3H3. The third-order valence-electron chi connectivity index (χ3n) is 3.73. The van der Waals surface area contributed by atoms with Crippen LogP contribution in [0.25, 0.3) is 0 Å². The average Bonchev–Trinajstić information content (AvgIpc) is 2.33. The second-order valence-electron chi connectivity index (χ2n) is 6.24. The summed E-state index contributed by atoms with van der Waals surface area (Å²) in [5.74, 6) is 0. The van der Waals surface area contributed by atoms with E-state index in [0.29, 0.717) is 0 Å². The highest BCUT2D eigenvalue weighted by Crippen LogP contribution is 2.26. The number of rotatable bonds is 3. The minimum Gasteiger partial charge on any atom is -0.379 e. The van der Waals surface area contributed by atoms with Crippen molar-refractivity contribution in [1.82, 2.24) is 10.2 Å². The fraction of sp³-hybridized carbons (Fsp3) is 1.00. The molecular formula is C13H26N2O2. The highest BCUT2D eigenvalue weighted by molar-refractivity contribution is 4.85. The Balaban J connectivity index is 1.74. The molecule has 0 aliphatic carbocycles. The van der Waals surface area contributed by atoms with Gasteiger partial charge in [-0.3, -0.25) is 10.2 Å². The van der Waals surface area contributed by atoms with E-state index in [4.69, 9.17) is 9.47 Å². The normalized spacial score (nSPS) is 34.8. The van der Waals surface area contributed by atoms with Crippen LogP contribution in [0, 0.1) is 5.41 Å². The van der Waals surface area contributed by atoms with E-state index >= 15 is 0 Å². The zero-order valence-corrected chi connectivity index (χ0v) is 11.4. The van der Waals surface area contributed by atoms with Crippen LogP contribution >= 0.6 is 0 Å². The maximum atomic E-state index is 6.00. The number of hydrogen-bond donors (Lipinski definition) is 1. The van der Waals surface area contributed by atoms with Crippen molar-refractivity contribution in [2.45, 2.75) is 32.9 Å². The van der Waals surface area contributed by atoms with Gasteiger partial charge in [0.1, 0.15) is 5.72 Å². The number of nitrogens with zero attached hydrogens (tertiary/aromatic N) is 1. The van der Waals surface area contributed by atoms with E-state index in [1.807, 2.05) is 0 Å². The Kier molecular flexibility index (Phi) is 4.08. The van der Waals surface area contributed by atoms with Gasteiger partial charge >= 0.3 is 0 Å². The van der Waals surface area contributed by atoms with Crippen molar-refractivity contribution in [3.8, 4) is 0 Å². The lowest BCUT2D eigenvalue weighted by atomic mass is 9.91. The molecular weight excluding hydrogens is 216 g/mol. The molecule has 0 aromatic carbocycles. The number of ether oxygens (including phenoxy) is 2. The van der Waals surface area contributed by atoms with Crippen molar-refractivity contribution in [2.24, 2.45) is 5.41 Å². The zero-order valence-electron chi connectivity index (χ0n) is 11.4. The monoisotopic (exact) mass is 242 g/mol. The molecule has 1 atom stereocenters. The molecule has 0 amide bonds. The molecule has 100 valence electrons. The summed E-state index contributed by atoms with van der Waals surface area (Å²) in [4.78, 5) is 2.46. The molecule has 2 aliphatic heterocycles. The lowest BCUT2D eigenvalue weighted by molar-refractivity contribution is -0.133. The third-order valence-corrected chi connectivity index (χ3v) is 3.73. The van der Waals surface area contributed by atoms with Crippen LogP contribution in [0.2, 0.25) is 0 Å². The summed E-state index contributed by atoms with van der Waals surface area (Å²) < 4.78 is 11.4. The predicted molar refractivity (Wildman–Crippen MR) is 68.0 cm³/mol. The smallest absolute Gasteiger partial charge is 0.117 e. The Labute approximate surface area is 105 Å². The van der Waals surface area contributed by atoms with Gasteiger partial charge in [-0.15, -0.1) is 0 Å². The Morgan fingerprint density at radius 2 is 1.88 bits per heavy atom. The van der Waals surface area contributed by atoms with Crippen LogP contribution in [0.3, 0.4) is 0 Å². The summed E-state index contributed by atoms with van der Waals surface area (Å²) in [5.41, 5.74) is 0.117. The van der Waals surface area contributed by atoms with Crippen LogP contribution in [0.4, 0.5) is 0 Å². The first-order valence-corrected chi connectivity index (χ1v) is 6.68. The average molecular weight is 242 g/mol. The van der Waals surface area contributed by atoms with Crippen molar-refractivity contribution >= 4 is 0 Å². The maximum Gasteiger partial charge on any atom is 0.117 e. The maximum absolute atomic E-state index is 6.00. The Morgan fingerprint density at radius 3 is 2.47 bits per heavy atom. The molecule has 1 N–H and O–H groups in total. The van der Waals surface area contributed by atoms with E-state index in [1.54, 1.807) is 0 Å². The zero-order chi connectivity index (χ0) is 12.4. The first kappa shape index (κ1) is 13.3. The molecule has 0 saturated carbocycles. The second kappa shape index (κ2) is 5.22. The second-order valence-corrected chi connectivity index (χ2v) is 6.24. The summed E-state index contributed by atoms with van der Waals surface area (Å²) in [7, 11) is 0. The summed E-state index contributed by atoms with van der Waals surface area (Å²) in [6.07, 6.45) is 1.04. The van der Waals surface area contributed by atoms with Crippen molar-refractivity contribution in [2.75, 3.05) is 46.0 Å². The van der Waals surface area contributed by atoms with Crippen molar-refractivity contribution in [1.29, 1.82) is 0 Å². The molecule has 2 heterocycles. The topological polar surface area (TPSA) is 33.7 Å². The van der Waals surface area contributed by atoms with Crippen LogP contribution in [0.1, 0.15) is 27.2 Å². The first-order chi connectivity index (χ1) is 7.99. The Hall–Kier alpha value is -0.160. The van der Waals surface area contributed by atoms with Gasteiger partial charge in [-0.05, 0) is 6.92 Å². The number of morpholine rings is 1. The van der Waals surface area contributed by atoms with E-state index < -0.39 is 0 Å². The van der Waals surface area contributed by atoms with Crippen LogP contribution < -0.4 is 5.32 Å². The first-order valence-electron chi connectivity index (χ1n) is 6.68. The number of hydrogen-bond acceptors (Lipinski definition) is 4. The lowest BCUT2D eigenvalue weighted by Gasteiger charge is -2.43. The van der Waals surface area contributed by atoms with E-state index in [0.717, 1.165) is 52.4 Å². The van der Waals surface area contributed by atoms with Gasteiger partial charge in [0, 0.05) is 38.0 Å². The fourth-order valence-electron chi connectivity index (χ4n) is 2.24. The summed E-state index contributed by atoms with van der Waals surface area (Å²) in [6.45, 7) is 13.5. The summed E-state index contributed by atoms with van der Waals surface area (Å²) in [5, 5.41) is 3.55. The molecule has 2 fully saturated rings. The van der Waals surface area contributed by atoms with Crippen molar-refractivity contribution in [3.63, 3.8) is 0 Å². The van der Waals surface area contributed by atoms with Gasteiger partial charge in [-0.25, -0.2) is 0 Å². The van der Waals surface area contributed by atoms with Crippen molar-refractivity contribution < 1.29 is 9.47 Å². The molecule has 0 radical (unpaired) electrons. The molecule has 0 aromatic heterocycles. The molecule has 0 aromatic rings. The fourth-order valence-corrected chi connectivity index (χ4v) is 2.24. The molecule has 1 unspecified atom stereocenters. The van der Waals surface area contributed by atoms with Gasteiger partial charge in [-0.1, -0.05) is 13.8 Å². The van der Waals surface area contributed by atoms with E-state index in [2.05, 4.69) is 31.0 Å². The minimum atomic E-state index is -0.145. The van der Waals surface area contributed by atoms with Crippen LogP contribution in [-0.4, -0.2) is 56.6 Å². The lowest BCUT2D eigenvalue weighted by Crippen LogP contribution is -2.57. The molecule has 2 saturated heterocycles. The van der Waals surface area contributed by atoms with Gasteiger partial charge in [0.05, 0.1) is 19.8 Å². The SMILES string of the molecule is CC1(C)CNC(C)(CCN2CCOCC2)OC1. The quantitative estimate of drug-likeness (QED) is 0.803. The van der Waals surface area contributed by atoms with Crippen molar-refractivity contribution in [3.05, 3.63) is 0 Å².